The number of hydrogen-bond donors (Lipinski definition) is 2. The van der Waals surface area contributed by atoms with E-state index in [0.29, 0.717) is 5.69 Å². The predicted molar refractivity (Wildman–Crippen MR) is 77.1 cm³/mol. The largest absolute Gasteiger partial charge is 0.335 e. The molecule has 1 aliphatic carbocycles. The molecule has 6 nitrogen and oxygen atoms in total. The van der Waals surface area contributed by atoms with Crippen molar-refractivity contribution in [2.75, 3.05) is 5.32 Å². The number of carbonyl (C=O) groups is 1. The molecule has 0 aromatic heterocycles. The smallest absolute Gasteiger partial charge is 0.319 e. The molecule has 20 heavy (non-hydrogen) atoms. The first-order valence-electron chi connectivity index (χ1n) is 6.58. The first-order chi connectivity index (χ1) is 9.56. The Morgan fingerprint density at radius 3 is 2.65 bits per heavy atom. The molecule has 1 aromatic rings. The Labute approximate surface area is 121 Å². The van der Waals surface area contributed by atoms with E-state index in [0.717, 1.165) is 25.7 Å². The summed E-state index contributed by atoms with van der Waals surface area (Å²) in [5.41, 5.74) is 0.136. The summed E-state index contributed by atoms with van der Waals surface area (Å²) in [7, 11) is 0. The highest BCUT2D eigenvalue weighted by atomic mass is 35.5. The summed E-state index contributed by atoms with van der Waals surface area (Å²) >= 11 is 5.71. The summed E-state index contributed by atoms with van der Waals surface area (Å²) in [6, 6.07) is 4.04. The maximum Gasteiger partial charge on any atom is 0.319 e. The lowest BCUT2D eigenvalue weighted by Crippen LogP contribution is -2.39. The van der Waals surface area contributed by atoms with Crippen LogP contribution in [0.4, 0.5) is 16.2 Å². The van der Waals surface area contributed by atoms with Crippen LogP contribution in [0.1, 0.15) is 32.1 Å². The number of urea groups is 1. The summed E-state index contributed by atoms with van der Waals surface area (Å²) in [6.07, 6.45) is 5.42. The number of nitrogens with zero attached hydrogens (tertiary/aromatic N) is 1. The van der Waals surface area contributed by atoms with Gasteiger partial charge in [0.25, 0.3) is 5.69 Å². The molecule has 0 unspecified atom stereocenters. The van der Waals surface area contributed by atoms with Crippen LogP contribution in [0.25, 0.3) is 0 Å². The number of nitro benzene ring substituents is 1. The Bertz CT molecular complexity index is 516. The molecule has 0 saturated heterocycles. The van der Waals surface area contributed by atoms with Gasteiger partial charge in [0.1, 0.15) is 5.02 Å². The number of rotatable bonds is 3. The van der Waals surface area contributed by atoms with E-state index in [1.807, 2.05) is 0 Å². The topological polar surface area (TPSA) is 84.3 Å². The van der Waals surface area contributed by atoms with Gasteiger partial charge in [-0.15, -0.1) is 0 Å². The van der Waals surface area contributed by atoms with Crippen LogP contribution in [0, 0.1) is 10.1 Å². The number of nitrogens with one attached hydrogen (secondary N) is 2. The molecule has 0 spiro atoms. The van der Waals surface area contributed by atoms with E-state index in [1.54, 1.807) is 0 Å². The van der Waals surface area contributed by atoms with Gasteiger partial charge in [0.05, 0.1) is 4.92 Å². The lowest BCUT2D eigenvalue weighted by Gasteiger charge is -2.22. The van der Waals surface area contributed by atoms with Crippen LogP contribution in [0.3, 0.4) is 0 Å². The Morgan fingerprint density at radius 2 is 2.00 bits per heavy atom. The fourth-order valence-corrected chi connectivity index (χ4v) is 2.52. The van der Waals surface area contributed by atoms with Gasteiger partial charge in [-0.25, -0.2) is 4.79 Å². The normalized spacial score (nSPS) is 15.7. The number of anilines is 1. The summed E-state index contributed by atoms with van der Waals surface area (Å²) in [5.74, 6) is 0. The molecule has 0 heterocycles. The van der Waals surface area contributed by atoms with E-state index in [1.165, 1.54) is 24.6 Å². The molecule has 0 radical (unpaired) electrons. The van der Waals surface area contributed by atoms with Crippen molar-refractivity contribution >= 4 is 29.0 Å². The van der Waals surface area contributed by atoms with Gasteiger partial charge in [0, 0.05) is 17.8 Å². The minimum atomic E-state index is -0.577. The molecule has 1 aromatic carbocycles. The van der Waals surface area contributed by atoms with Crippen LogP contribution in [0.15, 0.2) is 18.2 Å². The number of hydrogen-bond acceptors (Lipinski definition) is 3. The number of carbonyl (C=O) groups excluding carboxylic acids is 1. The fraction of sp³-hybridized carbons (Fsp3) is 0.462. The molecule has 1 aliphatic rings. The number of nitro groups is 1. The Morgan fingerprint density at radius 1 is 1.30 bits per heavy atom. The molecule has 1 saturated carbocycles. The van der Waals surface area contributed by atoms with Crippen LogP contribution in [0.2, 0.25) is 5.02 Å². The Hall–Kier alpha value is -1.82. The first-order valence-corrected chi connectivity index (χ1v) is 6.95. The molecule has 0 aliphatic heterocycles. The molecule has 2 amide bonds. The van der Waals surface area contributed by atoms with Gasteiger partial charge in [-0.2, -0.15) is 0 Å². The highest BCUT2D eigenvalue weighted by molar-refractivity contribution is 6.32. The van der Waals surface area contributed by atoms with Crippen LogP contribution < -0.4 is 10.6 Å². The van der Waals surface area contributed by atoms with E-state index >= 15 is 0 Å². The molecular formula is C13H16ClN3O3. The zero-order valence-corrected chi connectivity index (χ0v) is 11.7. The highest BCUT2D eigenvalue weighted by Crippen LogP contribution is 2.27. The summed E-state index contributed by atoms with van der Waals surface area (Å²) in [5, 5.41) is 16.3. The summed E-state index contributed by atoms with van der Waals surface area (Å²) < 4.78 is 0. The van der Waals surface area contributed by atoms with Crippen molar-refractivity contribution in [3.05, 3.63) is 33.3 Å². The Balaban J connectivity index is 1.96. The van der Waals surface area contributed by atoms with Crippen LogP contribution in [-0.2, 0) is 0 Å². The average molecular weight is 298 g/mol. The van der Waals surface area contributed by atoms with Crippen molar-refractivity contribution in [1.29, 1.82) is 0 Å². The predicted octanol–water partition coefficient (Wildman–Crippen LogP) is 3.70. The first kappa shape index (κ1) is 14.6. The zero-order chi connectivity index (χ0) is 14.5. The number of halogens is 1. The van der Waals surface area contributed by atoms with E-state index in [2.05, 4.69) is 10.6 Å². The molecule has 0 bridgehead atoms. The third kappa shape index (κ3) is 3.84. The van der Waals surface area contributed by atoms with E-state index < -0.39 is 4.92 Å². The van der Waals surface area contributed by atoms with E-state index in [4.69, 9.17) is 11.6 Å². The monoisotopic (exact) mass is 297 g/mol. The van der Waals surface area contributed by atoms with Gasteiger partial charge in [-0.3, -0.25) is 10.1 Å². The second-order valence-electron chi connectivity index (χ2n) is 4.86. The standard InChI is InChI=1S/C13H16ClN3O3/c14-11-7-6-10(8-12(11)17(19)20)16-13(18)15-9-4-2-1-3-5-9/h6-9H,1-5H2,(H2,15,16,18). The van der Waals surface area contributed by atoms with Gasteiger partial charge in [0.15, 0.2) is 0 Å². The van der Waals surface area contributed by atoms with Gasteiger partial charge < -0.3 is 10.6 Å². The van der Waals surface area contributed by atoms with Gasteiger partial charge in [-0.1, -0.05) is 30.9 Å². The van der Waals surface area contributed by atoms with Crippen molar-refractivity contribution in [3.63, 3.8) is 0 Å². The van der Waals surface area contributed by atoms with E-state index in [9.17, 15) is 14.9 Å². The maximum atomic E-state index is 11.8. The van der Waals surface area contributed by atoms with Gasteiger partial charge >= 0.3 is 6.03 Å². The fourth-order valence-electron chi connectivity index (χ4n) is 2.33. The van der Waals surface area contributed by atoms with Gasteiger partial charge in [0.2, 0.25) is 0 Å². The van der Waals surface area contributed by atoms with Crippen molar-refractivity contribution in [1.82, 2.24) is 5.32 Å². The lowest BCUT2D eigenvalue weighted by molar-refractivity contribution is -0.384. The van der Waals surface area contributed by atoms with Crippen molar-refractivity contribution in [2.45, 2.75) is 38.1 Å². The molecule has 7 heteroatoms. The zero-order valence-electron chi connectivity index (χ0n) is 10.9. The highest BCUT2D eigenvalue weighted by Gasteiger charge is 2.17. The van der Waals surface area contributed by atoms with Crippen LogP contribution in [-0.4, -0.2) is 17.0 Å². The van der Waals surface area contributed by atoms with Gasteiger partial charge in [-0.05, 0) is 25.0 Å². The quantitative estimate of drug-likeness (QED) is 0.659. The summed E-state index contributed by atoms with van der Waals surface area (Å²) in [6.45, 7) is 0. The van der Waals surface area contributed by atoms with Crippen molar-refractivity contribution in [2.24, 2.45) is 0 Å². The molecule has 108 valence electrons. The number of amides is 2. The third-order valence-electron chi connectivity index (χ3n) is 3.34. The van der Waals surface area contributed by atoms with Crippen molar-refractivity contribution in [3.8, 4) is 0 Å². The molecule has 1 fully saturated rings. The van der Waals surface area contributed by atoms with E-state index in [-0.39, 0.29) is 22.8 Å². The summed E-state index contributed by atoms with van der Waals surface area (Å²) in [4.78, 5) is 22.0. The molecule has 2 N–H and O–H groups in total. The maximum absolute atomic E-state index is 11.8. The second-order valence-corrected chi connectivity index (χ2v) is 5.26. The second kappa shape index (κ2) is 6.56. The minimum absolute atomic E-state index is 0.0493. The Kier molecular flexibility index (Phi) is 4.79. The van der Waals surface area contributed by atoms with Crippen LogP contribution in [0.5, 0.6) is 0 Å². The minimum Gasteiger partial charge on any atom is -0.335 e. The SMILES string of the molecule is O=C(Nc1ccc(Cl)c([N+](=O)[O-])c1)NC1CCCCC1. The van der Waals surface area contributed by atoms with Crippen molar-refractivity contribution < 1.29 is 9.72 Å². The third-order valence-corrected chi connectivity index (χ3v) is 3.66. The average Bonchev–Trinajstić information content (AvgIpc) is 2.41. The molecule has 2 rings (SSSR count). The number of benzene rings is 1. The molecule has 0 atom stereocenters. The molecular weight excluding hydrogens is 282 g/mol. The lowest BCUT2D eigenvalue weighted by atomic mass is 9.96. The van der Waals surface area contributed by atoms with Crippen LogP contribution >= 0.6 is 11.6 Å².